The lowest BCUT2D eigenvalue weighted by atomic mass is 10.1. The van der Waals surface area contributed by atoms with E-state index in [2.05, 4.69) is 5.32 Å². The monoisotopic (exact) mass is 357 g/mol. The Balaban J connectivity index is 2.00. The van der Waals surface area contributed by atoms with E-state index >= 15 is 0 Å². The van der Waals surface area contributed by atoms with Gasteiger partial charge in [-0.3, -0.25) is 29.9 Å². The van der Waals surface area contributed by atoms with Gasteiger partial charge in [-0.1, -0.05) is 12.1 Å². The molecule has 0 spiro atoms. The number of nitrogens with zero attached hydrogens (tertiary/aromatic N) is 2. The minimum absolute atomic E-state index is 0.0159. The third-order valence-corrected chi connectivity index (χ3v) is 3.73. The molecule has 0 radical (unpaired) electrons. The summed E-state index contributed by atoms with van der Waals surface area (Å²) in [7, 11) is 0. The fourth-order valence-corrected chi connectivity index (χ4v) is 2.60. The number of rotatable bonds is 3. The predicted octanol–water partition coefficient (Wildman–Crippen LogP) is 2.33. The molecular weight excluding hydrogens is 346 g/mol. The van der Waals surface area contributed by atoms with Gasteiger partial charge in [-0.05, 0) is 49.0 Å². The van der Waals surface area contributed by atoms with Crippen LogP contribution in [-0.4, -0.2) is 21.9 Å². The van der Waals surface area contributed by atoms with Crippen LogP contribution in [0.1, 0.15) is 11.3 Å². The number of nitro groups is 1. The van der Waals surface area contributed by atoms with E-state index in [0.29, 0.717) is 5.69 Å². The second-order valence-corrected chi connectivity index (χ2v) is 5.62. The molecule has 2 amide bonds. The largest absolute Gasteiger partial charge is 0.433 e. The second-order valence-electron chi connectivity index (χ2n) is 5.23. The number of nitrogens with one attached hydrogen (secondary N) is 1. The molecule has 0 saturated carbocycles. The molecule has 0 atom stereocenters. The van der Waals surface area contributed by atoms with Crippen LogP contribution >= 0.6 is 12.2 Å². The van der Waals surface area contributed by atoms with E-state index in [-0.39, 0.29) is 16.4 Å². The number of furan rings is 1. The van der Waals surface area contributed by atoms with Gasteiger partial charge in [0.15, 0.2) is 5.11 Å². The minimum Gasteiger partial charge on any atom is -0.401 e. The zero-order valence-corrected chi connectivity index (χ0v) is 13.7. The molecule has 1 aromatic carbocycles. The van der Waals surface area contributed by atoms with Crippen LogP contribution in [0.2, 0.25) is 0 Å². The van der Waals surface area contributed by atoms with Gasteiger partial charge >= 0.3 is 5.88 Å². The van der Waals surface area contributed by atoms with Crippen molar-refractivity contribution in [2.24, 2.45) is 0 Å². The highest BCUT2D eigenvalue weighted by molar-refractivity contribution is 7.80. The Hall–Kier alpha value is -3.33. The van der Waals surface area contributed by atoms with Crippen molar-refractivity contribution in [2.45, 2.75) is 6.92 Å². The first kappa shape index (κ1) is 16.5. The standard InChI is InChI=1S/C16H11N3O5S/c1-9-3-2-4-10(7-9)18-15(21)12(14(20)17-16(18)25)8-11-5-6-13(24-11)19(22)23/h2-8H,1H3,(H,17,20,25)/b12-8+. The van der Waals surface area contributed by atoms with Crippen molar-refractivity contribution < 1.29 is 18.9 Å². The molecule has 1 fully saturated rings. The molecule has 2 aromatic rings. The normalized spacial score (nSPS) is 16.3. The fraction of sp³-hybridized carbons (Fsp3) is 0.0625. The first-order valence-corrected chi connectivity index (χ1v) is 7.50. The molecule has 1 N–H and O–H groups in total. The lowest BCUT2D eigenvalue weighted by Crippen LogP contribution is -2.54. The molecule has 1 aliphatic heterocycles. The maximum absolute atomic E-state index is 12.7. The SMILES string of the molecule is Cc1cccc(N2C(=O)/C(=C/c3ccc([N+](=O)[O-])o3)C(=O)NC2=S)c1. The minimum atomic E-state index is -0.709. The van der Waals surface area contributed by atoms with Crippen LogP contribution in [0.4, 0.5) is 11.6 Å². The van der Waals surface area contributed by atoms with Crippen LogP contribution in [0, 0.1) is 17.0 Å². The van der Waals surface area contributed by atoms with Gasteiger partial charge in [0.2, 0.25) is 0 Å². The molecule has 0 aliphatic carbocycles. The highest BCUT2D eigenvalue weighted by atomic mass is 32.1. The Kier molecular flexibility index (Phi) is 4.15. The van der Waals surface area contributed by atoms with Gasteiger partial charge in [0.1, 0.15) is 16.3 Å². The lowest BCUT2D eigenvalue weighted by molar-refractivity contribution is -0.402. The summed E-state index contributed by atoms with van der Waals surface area (Å²) < 4.78 is 4.97. The molecule has 1 saturated heterocycles. The molecule has 1 aromatic heterocycles. The molecule has 2 heterocycles. The van der Waals surface area contributed by atoms with E-state index < -0.39 is 22.6 Å². The van der Waals surface area contributed by atoms with Gasteiger partial charge in [0.05, 0.1) is 11.8 Å². The molecule has 0 unspecified atom stereocenters. The van der Waals surface area contributed by atoms with E-state index in [1.165, 1.54) is 11.0 Å². The van der Waals surface area contributed by atoms with E-state index in [4.69, 9.17) is 16.6 Å². The topological polar surface area (TPSA) is 106 Å². The summed E-state index contributed by atoms with van der Waals surface area (Å²) in [6.07, 6.45) is 1.15. The molecular formula is C16H11N3O5S. The number of carbonyl (C=O) groups is 2. The number of thiocarbonyl (C=S) groups is 1. The summed E-state index contributed by atoms with van der Waals surface area (Å²) in [6, 6.07) is 9.49. The average Bonchev–Trinajstić information content (AvgIpc) is 3.00. The summed E-state index contributed by atoms with van der Waals surface area (Å²) in [5.41, 5.74) is 1.18. The summed E-state index contributed by atoms with van der Waals surface area (Å²) in [5, 5.41) is 13.1. The molecule has 0 bridgehead atoms. The molecule has 8 nitrogen and oxygen atoms in total. The maximum atomic E-state index is 12.7. The molecule has 9 heteroatoms. The van der Waals surface area contributed by atoms with Crippen LogP contribution in [0.3, 0.4) is 0 Å². The number of anilines is 1. The number of benzene rings is 1. The maximum Gasteiger partial charge on any atom is 0.433 e. The fourth-order valence-electron chi connectivity index (χ4n) is 2.32. The Bertz CT molecular complexity index is 947. The van der Waals surface area contributed by atoms with Gasteiger partial charge in [0.25, 0.3) is 11.8 Å². The Morgan fingerprint density at radius 3 is 2.68 bits per heavy atom. The average molecular weight is 357 g/mol. The second kappa shape index (κ2) is 6.29. The van der Waals surface area contributed by atoms with E-state index in [9.17, 15) is 19.7 Å². The number of aryl methyl sites for hydroxylation is 1. The zero-order chi connectivity index (χ0) is 18.1. The van der Waals surface area contributed by atoms with Gasteiger partial charge < -0.3 is 4.42 Å². The molecule has 126 valence electrons. The number of carbonyl (C=O) groups excluding carboxylic acids is 2. The van der Waals surface area contributed by atoms with E-state index in [0.717, 1.165) is 17.7 Å². The number of amides is 2. The van der Waals surface area contributed by atoms with Crippen LogP contribution in [-0.2, 0) is 9.59 Å². The van der Waals surface area contributed by atoms with Crippen molar-refractivity contribution in [1.29, 1.82) is 0 Å². The Labute approximate surface area is 146 Å². The van der Waals surface area contributed by atoms with Crippen molar-refractivity contribution in [3.63, 3.8) is 0 Å². The molecule has 1 aliphatic rings. The van der Waals surface area contributed by atoms with Crippen LogP contribution in [0.25, 0.3) is 6.08 Å². The van der Waals surface area contributed by atoms with E-state index in [1.807, 2.05) is 13.0 Å². The predicted molar refractivity (Wildman–Crippen MR) is 92.7 cm³/mol. The lowest BCUT2D eigenvalue weighted by Gasteiger charge is -2.28. The summed E-state index contributed by atoms with van der Waals surface area (Å²) >= 11 is 5.10. The van der Waals surface area contributed by atoms with Crippen molar-refractivity contribution in [3.8, 4) is 0 Å². The highest BCUT2D eigenvalue weighted by Gasteiger charge is 2.34. The zero-order valence-electron chi connectivity index (χ0n) is 12.9. The number of hydrogen-bond donors (Lipinski definition) is 1. The van der Waals surface area contributed by atoms with E-state index in [1.54, 1.807) is 18.2 Å². The van der Waals surface area contributed by atoms with Gasteiger partial charge in [-0.25, -0.2) is 0 Å². The molecule has 3 rings (SSSR count). The van der Waals surface area contributed by atoms with Crippen molar-refractivity contribution in [1.82, 2.24) is 5.32 Å². The third kappa shape index (κ3) is 3.17. The number of hydrogen-bond acceptors (Lipinski definition) is 6. The van der Waals surface area contributed by atoms with Gasteiger partial charge in [0, 0.05) is 0 Å². The van der Waals surface area contributed by atoms with Gasteiger partial charge in [-0.15, -0.1) is 0 Å². The first-order valence-electron chi connectivity index (χ1n) is 7.09. The Morgan fingerprint density at radius 1 is 1.28 bits per heavy atom. The molecule has 25 heavy (non-hydrogen) atoms. The third-order valence-electron chi connectivity index (χ3n) is 3.44. The van der Waals surface area contributed by atoms with Crippen molar-refractivity contribution in [3.05, 3.63) is 63.4 Å². The first-order chi connectivity index (χ1) is 11.9. The van der Waals surface area contributed by atoms with Crippen LogP contribution < -0.4 is 10.2 Å². The summed E-state index contributed by atoms with van der Waals surface area (Å²) in [6.45, 7) is 1.86. The quantitative estimate of drug-likeness (QED) is 0.297. The van der Waals surface area contributed by atoms with Crippen LogP contribution in [0.5, 0.6) is 0 Å². The smallest absolute Gasteiger partial charge is 0.401 e. The van der Waals surface area contributed by atoms with Crippen molar-refractivity contribution in [2.75, 3.05) is 4.90 Å². The van der Waals surface area contributed by atoms with Gasteiger partial charge in [-0.2, -0.15) is 0 Å². The highest BCUT2D eigenvalue weighted by Crippen LogP contribution is 2.24. The Morgan fingerprint density at radius 2 is 2.04 bits per heavy atom. The summed E-state index contributed by atoms with van der Waals surface area (Å²) in [4.78, 5) is 36.0. The van der Waals surface area contributed by atoms with Crippen LogP contribution in [0.15, 0.2) is 46.4 Å². The summed E-state index contributed by atoms with van der Waals surface area (Å²) in [5.74, 6) is -1.81. The van der Waals surface area contributed by atoms with Crippen molar-refractivity contribution >= 4 is 46.8 Å².